The molecule has 0 radical (unpaired) electrons. The van der Waals surface area contributed by atoms with Crippen LogP contribution in [0.1, 0.15) is 11.3 Å². The number of rotatable bonds is 4. The van der Waals surface area contributed by atoms with E-state index in [-0.39, 0.29) is 0 Å². The maximum Gasteiger partial charge on any atom is 0.191 e. The molecule has 0 saturated heterocycles. The molecule has 3 aromatic heterocycles. The van der Waals surface area contributed by atoms with Gasteiger partial charge in [-0.2, -0.15) is 0 Å². The molecule has 0 amide bonds. The van der Waals surface area contributed by atoms with Crippen molar-refractivity contribution in [3.05, 3.63) is 66.1 Å². The molecule has 24 heavy (non-hydrogen) atoms. The molecule has 6 heteroatoms. The lowest BCUT2D eigenvalue weighted by atomic mass is 10.1. The van der Waals surface area contributed by atoms with Gasteiger partial charge in [0, 0.05) is 30.8 Å². The molecule has 0 fully saturated rings. The van der Waals surface area contributed by atoms with Gasteiger partial charge >= 0.3 is 0 Å². The van der Waals surface area contributed by atoms with E-state index in [2.05, 4.69) is 40.4 Å². The first-order chi connectivity index (χ1) is 11.7. The van der Waals surface area contributed by atoms with E-state index >= 15 is 0 Å². The number of imidazole rings is 1. The Kier molecular flexibility index (Phi) is 3.82. The second kappa shape index (κ2) is 6.13. The molecule has 0 atom stereocenters. The molecule has 4 aromatic rings. The standard InChI is InChI=1S/C18H17N5S/c1-13-7-3-4-8-15(13)17-20-21-18(22(17)2)24-12-14-11-23-10-6-5-9-16(23)19-14/h3-11H,12H2,1-2H3. The molecule has 0 bridgehead atoms. The van der Waals surface area contributed by atoms with E-state index in [0.29, 0.717) is 0 Å². The van der Waals surface area contributed by atoms with Gasteiger partial charge in [-0.3, -0.25) is 0 Å². The fourth-order valence-corrected chi connectivity index (χ4v) is 3.49. The smallest absolute Gasteiger partial charge is 0.191 e. The minimum atomic E-state index is 0.765. The highest BCUT2D eigenvalue weighted by atomic mass is 32.2. The van der Waals surface area contributed by atoms with Crippen molar-refractivity contribution in [2.75, 3.05) is 0 Å². The van der Waals surface area contributed by atoms with Gasteiger partial charge in [0.15, 0.2) is 11.0 Å². The van der Waals surface area contributed by atoms with Gasteiger partial charge in [0.1, 0.15) is 5.65 Å². The number of aromatic nitrogens is 5. The SMILES string of the molecule is Cc1ccccc1-c1nnc(SCc2cn3ccccc3n2)n1C. The summed E-state index contributed by atoms with van der Waals surface area (Å²) in [4.78, 5) is 4.62. The van der Waals surface area contributed by atoms with Crippen LogP contribution in [0.15, 0.2) is 60.0 Å². The zero-order valence-corrected chi connectivity index (χ0v) is 14.4. The summed E-state index contributed by atoms with van der Waals surface area (Å²) >= 11 is 1.65. The van der Waals surface area contributed by atoms with Crippen LogP contribution in [0, 0.1) is 6.92 Å². The predicted octanol–water partition coefficient (Wildman–Crippen LogP) is 3.73. The van der Waals surface area contributed by atoms with Crippen LogP contribution < -0.4 is 0 Å². The third-order valence-corrected chi connectivity index (χ3v) is 5.04. The third-order valence-electron chi connectivity index (χ3n) is 3.98. The molecule has 1 aromatic carbocycles. The predicted molar refractivity (Wildman–Crippen MR) is 95.9 cm³/mol. The zero-order valence-electron chi connectivity index (χ0n) is 13.5. The van der Waals surface area contributed by atoms with Crippen LogP contribution in [0.5, 0.6) is 0 Å². The topological polar surface area (TPSA) is 48.0 Å². The fraction of sp³-hybridized carbons (Fsp3) is 0.167. The molecule has 0 aliphatic rings. The molecule has 0 spiro atoms. The Morgan fingerprint density at radius 3 is 2.71 bits per heavy atom. The maximum atomic E-state index is 4.62. The molecule has 0 N–H and O–H groups in total. The average molecular weight is 335 g/mol. The number of nitrogens with zero attached hydrogens (tertiary/aromatic N) is 5. The Morgan fingerprint density at radius 2 is 1.88 bits per heavy atom. The molecular formula is C18H17N5S. The van der Waals surface area contributed by atoms with Gasteiger partial charge in [-0.25, -0.2) is 4.98 Å². The highest BCUT2D eigenvalue weighted by Crippen LogP contribution is 2.26. The lowest BCUT2D eigenvalue weighted by Gasteiger charge is -2.05. The van der Waals surface area contributed by atoms with Crippen LogP contribution in [0.2, 0.25) is 0 Å². The van der Waals surface area contributed by atoms with E-state index in [1.165, 1.54) is 5.56 Å². The van der Waals surface area contributed by atoms with Crippen molar-refractivity contribution in [3.8, 4) is 11.4 Å². The van der Waals surface area contributed by atoms with Crippen molar-refractivity contribution >= 4 is 17.4 Å². The first-order valence-electron chi connectivity index (χ1n) is 7.73. The average Bonchev–Trinajstić information content (AvgIpc) is 3.17. The normalized spacial score (nSPS) is 11.2. The number of hydrogen-bond donors (Lipinski definition) is 0. The summed E-state index contributed by atoms with van der Waals surface area (Å²) < 4.78 is 4.08. The van der Waals surface area contributed by atoms with Gasteiger partial charge in [0.2, 0.25) is 0 Å². The molecule has 0 saturated carbocycles. The molecule has 120 valence electrons. The van der Waals surface area contributed by atoms with Gasteiger partial charge in [-0.05, 0) is 24.6 Å². The monoisotopic (exact) mass is 335 g/mol. The summed E-state index contributed by atoms with van der Waals surface area (Å²) in [5.74, 6) is 1.66. The first-order valence-corrected chi connectivity index (χ1v) is 8.72. The summed E-state index contributed by atoms with van der Waals surface area (Å²) in [6, 6.07) is 14.2. The summed E-state index contributed by atoms with van der Waals surface area (Å²) in [6.07, 6.45) is 4.07. The molecule has 0 aliphatic carbocycles. The minimum Gasteiger partial charge on any atom is -0.307 e. The fourth-order valence-electron chi connectivity index (χ4n) is 2.69. The van der Waals surface area contributed by atoms with Gasteiger partial charge in [0.05, 0.1) is 5.69 Å². The molecule has 4 rings (SSSR count). The Hall–Kier alpha value is -2.60. The number of aryl methyl sites for hydroxylation is 1. The van der Waals surface area contributed by atoms with E-state index in [9.17, 15) is 0 Å². The zero-order chi connectivity index (χ0) is 16.5. The number of pyridine rings is 1. The van der Waals surface area contributed by atoms with Gasteiger partial charge in [0.25, 0.3) is 0 Å². The number of benzene rings is 1. The quantitative estimate of drug-likeness (QED) is 0.533. The highest BCUT2D eigenvalue weighted by molar-refractivity contribution is 7.98. The van der Waals surface area contributed by atoms with E-state index < -0.39 is 0 Å². The number of thioether (sulfide) groups is 1. The van der Waals surface area contributed by atoms with Crippen molar-refractivity contribution in [3.63, 3.8) is 0 Å². The van der Waals surface area contributed by atoms with Gasteiger partial charge in [-0.1, -0.05) is 42.1 Å². The summed E-state index contributed by atoms with van der Waals surface area (Å²) in [5, 5.41) is 9.61. The Balaban J connectivity index is 1.56. The second-order valence-electron chi connectivity index (χ2n) is 5.67. The van der Waals surface area contributed by atoms with Crippen LogP contribution in [0.3, 0.4) is 0 Å². The Labute approximate surface area is 144 Å². The maximum absolute atomic E-state index is 4.62. The van der Waals surface area contributed by atoms with Gasteiger partial charge < -0.3 is 8.97 Å². The van der Waals surface area contributed by atoms with Crippen molar-refractivity contribution in [1.29, 1.82) is 0 Å². The van der Waals surface area contributed by atoms with E-state index in [4.69, 9.17) is 0 Å². The van der Waals surface area contributed by atoms with Crippen molar-refractivity contribution in [1.82, 2.24) is 24.1 Å². The van der Waals surface area contributed by atoms with Crippen LogP contribution >= 0.6 is 11.8 Å². The summed E-state index contributed by atoms with van der Waals surface area (Å²) in [5.41, 5.74) is 4.32. The molecule has 0 aliphatic heterocycles. The summed E-state index contributed by atoms with van der Waals surface area (Å²) in [7, 11) is 2.01. The number of hydrogen-bond acceptors (Lipinski definition) is 4. The van der Waals surface area contributed by atoms with Gasteiger partial charge in [-0.15, -0.1) is 10.2 Å². The highest BCUT2D eigenvalue weighted by Gasteiger charge is 2.13. The van der Waals surface area contributed by atoms with E-state index in [1.54, 1.807) is 11.8 Å². The molecule has 0 unspecified atom stereocenters. The lowest BCUT2D eigenvalue weighted by molar-refractivity contribution is 0.793. The lowest BCUT2D eigenvalue weighted by Crippen LogP contribution is -1.96. The van der Waals surface area contributed by atoms with Crippen LogP contribution in [-0.4, -0.2) is 24.1 Å². The molecule has 5 nitrogen and oxygen atoms in total. The van der Waals surface area contributed by atoms with E-state index in [0.717, 1.165) is 33.6 Å². The Bertz CT molecular complexity index is 968. The van der Waals surface area contributed by atoms with Crippen LogP contribution in [-0.2, 0) is 12.8 Å². The Morgan fingerprint density at radius 1 is 1.04 bits per heavy atom. The second-order valence-corrected chi connectivity index (χ2v) is 6.61. The first kappa shape index (κ1) is 15.0. The van der Waals surface area contributed by atoms with Crippen molar-refractivity contribution < 1.29 is 0 Å². The summed E-state index contributed by atoms with van der Waals surface area (Å²) in [6.45, 7) is 2.09. The third kappa shape index (κ3) is 2.69. The molecular weight excluding hydrogens is 318 g/mol. The van der Waals surface area contributed by atoms with E-state index in [1.807, 2.05) is 52.5 Å². The molecule has 3 heterocycles. The number of fused-ring (bicyclic) bond motifs is 1. The minimum absolute atomic E-state index is 0.765. The largest absolute Gasteiger partial charge is 0.307 e. The van der Waals surface area contributed by atoms with Crippen molar-refractivity contribution in [2.24, 2.45) is 7.05 Å². The van der Waals surface area contributed by atoms with Crippen LogP contribution in [0.25, 0.3) is 17.0 Å². The van der Waals surface area contributed by atoms with Crippen LogP contribution in [0.4, 0.5) is 0 Å². The van der Waals surface area contributed by atoms with Crippen molar-refractivity contribution in [2.45, 2.75) is 17.8 Å².